The smallest absolute Gasteiger partial charge is 0.407 e. The number of nitrogens with zero attached hydrogens (tertiary/aromatic N) is 1. The van der Waals surface area contributed by atoms with E-state index in [2.05, 4.69) is 4.74 Å². The van der Waals surface area contributed by atoms with Crippen molar-refractivity contribution >= 4 is 12.1 Å². The minimum atomic E-state index is -1.08. The number of carboxylic acid groups (broad SMARTS) is 1. The molecule has 0 radical (unpaired) electrons. The Balaban J connectivity index is 2.47. The Morgan fingerprint density at radius 2 is 2.12 bits per heavy atom. The molecule has 0 bridgehead atoms. The summed E-state index contributed by atoms with van der Waals surface area (Å²) in [5.74, 6) is -1.20. The van der Waals surface area contributed by atoms with Crippen molar-refractivity contribution in [3.8, 4) is 0 Å². The second kappa shape index (κ2) is 5.29. The molecule has 6 heteroatoms. The lowest BCUT2D eigenvalue weighted by Gasteiger charge is -2.31. The molecule has 0 saturated carbocycles. The highest BCUT2D eigenvalue weighted by atomic mass is 19.1. The fraction of sp³-hybridized carbons (Fsp3) is 0.400. The number of hydrogen-bond donors (Lipinski definition) is 1. The highest BCUT2D eigenvalue weighted by molar-refractivity contribution is 5.82. The van der Waals surface area contributed by atoms with Crippen LogP contribution in [0.15, 0.2) is 23.6 Å². The van der Waals surface area contributed by atoms with Gasteiger partial charge in [0.15, 0.2) is 0 Å². The van der Waals surface area contributed by atoms with Crippen molar-refractivity contribution in [1.82, 2.24) is 4.90 Å². The van der Waals surface area contributed by atoms with Crippen LogP contribution in [-0.2, 0) is 9.53 Å². The van der Waals surface area contributed by atoms with Crippen molar-refractivity contribution < 1.29 is 23.8 Å². The zero-order chi connectivity index (χ0) is 12.1. The SMILES string of the molecule is CCOC(=O)/C=C/C(F)=C1CN(C(=O)O)C1. The number of halogens is 1. The van der Waals surface area contributed by atoms with Gasteiger partial charge in [-0.1, -0.05) is 0 Å². The summed E-state index contributed by atoms with van der Waals surface area (Å²) >= 11 is 0. The van der Waals surface area contributed by atoms with Gasteiger partial charge in [-0.3, -0.25) is 4.90 Å². The van der Waals surface area contributed by atoms with Crippen LogP contribution < -0.4 is 0 Å². The van der Waals surface area contributed by atoms with Gasteiger partial charge in [0.25, 0.3) is 0 Å². The highest BCUT2D eigenvalue weighted by Crippen LogP contribution is 2.20. The van der Waals surface area contributed by atoms with Crippen LogP contribution in [0.4, 0.5) is 9.18 Å². The molecule has 1 amide bonds. The van der Waals surface area contributed by atoms with Crippen LogP contribution in [-0.4, -0.2) is 41.8 Å². The van der Waals surface area contributed by atoms with Crippen LogP contribution in [0.25, 0.3) is 0 Å². The molecule has 0 aromatic rings. The summed E-state index contributed by atoms with van der Waals surface area (Å²) in [4.78, 5) is 22.3. The third-order valence-electron chi connectivity index (χ3n) is 2.02. The maximum atomic E-state index is 13.3. The number of carbonyl (C=O) groups is 2. The minimum absolute atomic E-state index is 0.0499. The zero-order valence-corrected chi connectivity index (χ0v) is 8.77. The van der Waals surface area contributed by atoms with E-state index in [0.717, 1.165) is 17.1 Å². The van der Waals surface area contributed by atoms with Gasteiger partial charge >= 0.3 is 12.1 Å². The molecule has 5 nitrogen and oxygen atoms in total. The number of likely N-dealkylation sites (tertiary alicyclic amines) is 1. The quantitative estimate of drug-likeness (QED) is 0.585. The highest BCUT2D eigenvalue weighted by Gasteiger charge is 2.27. The average molecular weight is 229 g/mol. The average Bonchev–Trinajstić information content (AvgIpc) is 2.12. The number of hydrogen-bond acceptors (Lipinski definition) is 3. The van der Waals surface area contributed by atoms with Crippen molar-refractivity contribution in [2.24, 2.45) is 0 Å². The van der Waals surface area contributed by atoms with E-state index < -0.39 is 17.9 Å². The Labute approximate surface area is 91.8 Å². The molecule has 0 aromatic carbocycles. The molecule has 1 aliphatic heterocycles. The predicted octanol–water partition coefficient (Wildman–Crippen LogP) is 1.32. The first-order chi connectivity index (χ1) is 7.54. The van der Waals surface area contributed by atoms with E-state index >= 15 is 0 Å². The Bertz CT molecular complexity index is 354. The van der Waals surface area contributed by atoms with Crippen molar-refractivity contribution in [2.75, 3.05) is 19.7 Å². The molecule has 1 aliphatic rings. The first kappa shape index (κ1) is 12.2. The summed E-state index contributed by atoms with van der Waals surface area (Å²) in [6, 6.07) is 0. The molecule has 1 N–H and O–H groups in total. The number of esters is 1. The molecule has 1 heterocycles. The maximum absolute atomic E-state index is 13.3. The Morgan fingerprint density at radius 1 is 1.50 bits per heavy atom. The molecular formula is C10H12FNO4. The molecule has 1 saturated heterocycles. The number of ether oxygens (including phenoxy) is 1. The molecule has 0 aliphatic carbocycles. The van der Waals surface area contributed by atoms with Gasteiger partial charge in [-0.15, -0.1) is 0 Å². The summed E-state index contributed by atoms with van der Waals surface area (Å²) in [6.45, 7) is 1.98. The lowest BCUT2D eigenvalue weighted by molar-refractivity contribution is -0.137. The van der Waals surface area contributed by atoms with E-state index in [-0.39, 0.29) is 19.7 Å². The van der Waals surface area contributed by atoms with Crippen molar-refractivity contribution in [2.45, 2.75) is 6.92 Å². The largest absolute Gasteiger partial charge is 0.465 e. The third-order valence-corrected chi connectivity index (χ3v) is 2.02. The minimum Gasteiger partial charge on any atom is -0.465 e. The summed E-state index contributed by atoms with van der Waals surface area (Å²) in [5, 5.41) is 8.51. The Hall–Kier alpha value is -1.85. The van der Waals surface area contributed by atoms with Crippen LogP contribution in [0.2, 0.25) is 0 Å². The van der Waals surface area contributed by atoms with Gasteiger partial charge in [-0.2, -0.15) is 0 Å². The third kappa shape index (κ3) is 3.08. The molecule has 1 fully saturated rings. The lowest BCUT2D eigenvalue weighted by Crippen LogP contribution is -2.44. The molecule has 16 heavy (non-hydrogen) atoms. The second-order valence-electron chi connectivity index (χ2n) is 3.18. The fourth-order valence-corrected chi connectivity index (χ4v) is 1.15. The van der Waals surface area contributed by atoms with Gasteiger partial charge in [0, 0.05) is 11.6 Å². The van der Waals surface area contributed by atoms with Gasteiger partial charge in [-0.25, -0.2) is 14.0 Å². The molecule has 0 spiro atoms. The van der Waals surface area contributed by atoms with Crippen LogP contribution in [0.5, 0.6) is 0 Å². The molecule has 88 valence electrons. The van der Waals surface area contributed by atoms with E-state index in [1.165, 1.54) is 0 Å². The Kier molecular flexibility index (Phi) is 4.04. The number of allylic oxidation sites excluding steroid dienone is 2. The van der Waals surface area contributed by atoms with Gasteiger partial charge in [0.05, 0.1) is 19.7 Å². The van der Waals surface area contributed by atoms with Gasteiger partial charge < -0.3 is 9.84 Å². The normalized spacial score (nSPS) is 14.9. The second-order valence-corrected chi connectivity index (χ2v) is 3.18. The summed E-state index contributed by atoms with van der Waals surface area (Å²) in [6.07, 6.45) is 0.896. The van der Waals surface area contributed by atoms with E-state index in [9.17, 15) is 14.0 Å². The van der Waals surface area contributed by atoms with Crippen molar-refractivity contribution in [1.29, 1.82) is 0 Å². The van der Waals surface area contributed by atoms with Gasteiger partial charge in [-0.05, 0) is 13.0 Å². The topological polar surface area (TPSA) is 66.8 Å². The van der Waals surface area contributed by atoms with Gasteiger partial charge in [0.2, 0.25) is 0 Å². The van der Waals surface area contributed by atoms with E-state index in [1.807, 2.05) is 0 Å². The monoisotopic (exact) mass is 229 g/mol. The van der Waals surface area contributed by atoms with Crippen molar-refractivity contribution in [3.05, 3.63) is 23.6 Å². The van der Waals surface area contributed by atoms with E-state index in [4.69, 9.17) is 5.11 Å². The van der Waals surface area contributed by atoms with Crippen molar-refractivity contribution in [3.63, 3.8) is 0 Å². The molecule has 1 rings (SSSR count). The van der Waals surface area contributed by atoms with Crippen LogP contribution >= 0.6 is 0 Å². The molecule has 0 unspecified atom stereocenters. The predicted molar refractivity (Wildman–Crippen MR) is 53.5 cm³/mol. The number of carbonyl (C=O) groups excluding carboxylic acids is 1. The number of rotatable bonds is 3. The van der Waals surface area contributed by atoms with E-state index in [1.54, 1.807) is 6.92 Å². The first-order valence-electron chi connectivity index (χ1n) is 4.74. The molecule has 0 aromatic heterocycles. The van der Waals surface area contributed by atoms with Crippen LogP contribution in [0.3, 0.4) is 0 Å². The van der Waals surface area contributed by atoms with Crippen LogP contribution in [0, 0.1) is 0 Å². The number of amides is 1. The van der Waals surface area contributed by atoms with Crippen LogP contribution in [0.1, 0.15) is 6.92 Å². The Morgan fingerprint density at radius 3 is 2.62 bits per heavy atom. The zero-order valence-electron chi connectivity index (χ0n) is 8.77. The fourth-order valence-electron chi connectivity index (χ4n) is 1.15. The molecule has 0 atom stereocenters. The summed E-state index contributed by atoms with van der Waals surface area (Å²) in [7, 11) is 0. The van der Waals surface area contributed by atoms with E-state index in [0.29, 0.717) is 5.57 Å². The summed E-state index contributed by atoms with van der Waals surface area (Å²) in [5.41, 5.74) is 0.364. The molecular weight excluding hydrogens is 217 g/mol. The standard InChI is InChI=1S/C10H12FNO4/c1-2-16-9(13)4-3-8(11)7-5-12(6-7)10(14)15/h3-4H,2,5-6H2,1H3,(H,14,15)/b4-3+. The maximum Gasteiger partial charge on any atom is 0.407 e. The summed E-state index contributed by atoms with van der Waals surface area (Å²) < 4.78 is 17.8. The van der Waals surface area contributed by atoms with Gasteiger partial charge in [0.1, 0.15) is 5.83 Å². The lowest BCUT2D eigenvalue weighted by atomic mass is 10.1. The first-order valence-corrected chi connectivity index (χ1v) is 4.74.